The topological polar surface area (TPSA) is 37.8 Å². The van der Waals surface area contributed by atoms with Crippen LogP contribution in [-0.4, -0.2) is 16.5 Å². The van der Waals surface area contributed by atoms with Gasteiger partial charge in [0.25, 0.3) is 0 Å². The van der Waals surface area contributed by atoms with Crippen molar-refractivity contribution in [3.63, 3.8) is 0 Å². The fraction of sp³-hybridized carbons (Fsp3) is 0.333. The highest BCUT2D eigenvalue weighted by Gasteiger charge is 2.14. The van der Waals surface area contributed by atoms with E-state index >= 15 is 0 Å². The van der Waals surface area contributed by atoms with E-state index in [1.165, 1.54) is 0 Å². The van der Waals surface area contributed by atoms with Gasteiger partial charge in [0, 0.05) is 12.4 Å². The molecule has 0 aliphatic heterocycles. The molecule has 1 atom stereocenters. The van der Waals surface area contributed by atoms with E-state index < -0.39 is 0 Å². The summed E-state index contributed by atoms with van der Waals surface area (Å²) in [6.07, 6.45) is 5.36. The number of aromatic nitrogens is 2. The van der Waals surface area contributed by atoms with E-state index in [2.05, 4.69) is 22.2 Å². The van der Waals surface area contributed by atoms with Crippen LogP contribution in [0.2, 0.25) is 10.0 Å². The number of rotatable bonds is 6. The minimum absolute atomic E-state index is 0.0772. The van der Waals surface area contributed by atoms with Crippen LogP contribution in [0.5, 0.6) is 0 Å². The van der Waals surface area contributed by atoms with Gasteiger partial charge in [-0.2, -0.15) is 0 Å². The molecule has 0 spiro atoms. The first-order chi connectivity index (χ1) is 9.70. The van der Waals surface area contributed by atoms with E-state index in [0.717, 1.165) is 30.8 Å². The second-order valence-corrected chi connectivity index (χ2v) is 5.38. The van der Waals surface area contributed by atoms with Crippen molar-refractivity contribution in [2.24, 2.45) is 0 Å². The Kier molecular flexibility index (Phi) is 5.77. The van der Waals surface area contributed by atoms with Crippen molar-refractivity contribution in [3.05, 3.63) is 58.1 Å². The van der Waals surface area contributed by atoms with Crippen LogP contribution >= 0.6 is 23.2 Å². The number of hydrogen-bond donors (Lipinski definition) is 1. The summed E-state index contributed by atoms with van der Waals surface area (Å²) in [5, 5.41) is 4.62. The standard InChI is InChI=1S/C15H17Cl2N3/c1-2-6-18-14(15-19-7-3-8-20-15)10-11-4-5-12(16)13(17)9-11/h3-5,7-9,14,18H,2,6,10H2,1H3. The smallest absolute Gasteiger partial charge is 0.145 e. The molecule has 0 saturated heterocycles. The Morgan fingerprint density at radius 3 is 2.55 bits per heavy atom. The van der Waals surface area contributed by atoms with Gasteiger partial charge in [-0.05, 0) is 43.1 Å². The third kappa shape index (κ3) is 4.17. The quantitative estimate of drug-likeness (QED) is 0.874. The zero-order valence-corrected chi connectivity index (χ0v) is 12.8. The van der Waals surface area contributed by atoms with Crippen LogP contribution < -0.4 is 5.32 Å². The molecule has 0 radical (unpaired) electrons. The summed E-state index contributed by atoms with van der Waals surface area (Å²) in [5.74, 6) is 0.798. The Morgan fingerprint density at radius 1 is 1.15 bits per heavy atom. The summed E-state index contributed by atoms with van der Waals surface area (Å²) >= 11 is 12.0. The van der Waals surface area contributed by atoms with Crippen LogP contribution in [0.15, 0.2) is 36.7 Å². The maximum atomic E-state index is 6.06. The molecular weight excluding hydrogens is 293 g/mol. The molecule has 1 N–H and O–H groups in total. The van der Waals surface area contributed by atoms with E-state index in [0.29, 0.717) is 10.0 Å². The average molecular weight is 310 g/mol. The molecule has 0 aliphatic carbocycles. The van der Waals surface area contributed by atoms with Gasteiger partial charge in [0.05, 0.1) is 16.1 Å². The van der Waals surface area contributed by atoms with Gasteiger partial charge in [-0.3, -0.25) is 0 Å². The van der Waals surface area contributed by atoms with Gasteiger partial charge in [0.2, 0.25) is 0 Å². The minimum atomic E-state index is 0.0772. The monoisotopic (exact) mass is 309 g/mol. The average Bonchev–Trinajstić information content (AvgIpc) is 2.48. The molecule has 0 amide bonds. The summed E-state index contributed by atoms with van der Waals surface area (Å²) in [4.78, 5) is 8.67. The Balaban J connectivity index is 2.17. The van der Waals surface area contributed by atoms with Gasteiger partial charge >= 0.3 is 0 Å². The zero-order valence-electron chi connectivity index (χ0n) is 11.3. The molecule has 5 heteroatoms. The molecule has 3 nitrogen and oxygen atoms in total. The van der Waals surface area contributed by atoms with E-state index in [1.54, 1.807) is 12.4 Å². The molecule has 0 saturated carbocycles. The molecule has 0 fully saturated rings. The molecule has 1 unspecified atom stereocenters. The number of nitrogens with one attached hydrogen (secondary N) is 1. The molecule has 1 aromatic carbocycles. The molecule has 0 aliphatic rings. The number of benzene rings is 1. The summed E-state index contributed by atoms with van der Waals surface area (Å²) in [6, 6.07) is 7.60. The normalized spacial score (nSPS) is 12.3. The minimum Gasteiger partial charge on any atom is -0.307 e. The Morgan fingerprint density at radius 2 is 1.90 bits per heavy atom. The fourth-order valence-corrected chi connectivity index (χ4v) is 2.29. The highest BCUT2D eigenvalue weighted by molar-refractivity contribution is 6.42. The lowest BCUT2D eigenvalue weighted by atomic mass is 10.1. The predicted molar refractivity (Wildman–Crippen MR) is 83.2 cm³/mol. The molecule has 1 aromatic heterocycles. The van der Waals surface area contributed by atoms with Crippen molar-refractivity contribution < 1.29 is 0 Å². The van der Waals surface area contributed by atoms with Crippen molar-refractivity contribution >= 4 is 23.2 Å². The first-order valence-electron chi connectivity index (χ1n) is 6.65. The zero-order chi connectivity index (χ0) is 14.4. The molecular formula is C15H17Cl2N3. The maximum absolute atomic E-state index is 6.06. The summed E-state index contributed by atoms with van der Waals surface area (Å²) in [6.45, 7) is 3.05. The predicted octanol–water partition coefficient (Wildman–Crippen LogP) is 4.07. The Labute approximate surface area is 129 Å². The molecule has 2 rings (SSSR count). The third-order valence-corrected chi connectivity index (χ3v) is 3.70. The van der Waals surface area contributed by atoms with Crippen LogP contribution in [0.1, 0.15) is 30.8 Å². The van der Waals surface area contributed by atoms with Crippen molar-refractivity contribution in [1.82, 2.24) is 15.3 Å². The molecule has 2 aromatic rings. The Hall–Kier alpha value is -1.16. The van der Waals surface area contributed by atoms with Gasteiger partial charge in [-0.15, -0.1) is 0 Å². The second-order valence-electron chi connectivity index (χ2n) is 4.57. The maximum Gasteiger partial charge on any atom is 0.145 e. The first kappa shape index (κ1) is 15.2. The molecule has 20 heavy (non-hydrogen) atoms. The van der Waals surface area contributed by atoms with Gasteiger partial charge < -0.3 is 5.32 Å². The summed E-state index contributed by atoms with van der Waals surface area (Å²) in [5.41, 5.74) is 1.11. The van der Waals surface area contributed by atoms with Gasteiger partial charge in [0.1, 0.15) is 5.82 Å². The lowest BCUT2D eigenvalue weighted by molar-refractivity contribution is 0.504. The lowest BCUT2D eigenvalue weighted by Gasteiger charge is -2.17. The van der Waals surface area contributed by atoms with Crippen LogP contribution in [0.25, 0.3) is 0 Å². The van der Waals surface area contributed by atoms with Crippen molar-refractivity contribution in [3.8, 4) is 0 Å². The van der Waals surface area contributed by atoms with Crippen LogP contribution in [0.3, 0.4) is 0 Å². The van der Waals surface area contributed by atoms with Crippen LogP contribution in [0.4, 0.5) is 0 Å². The molecule has 1 heterocycles. The van der Waals surface area contributed by atoms with Gasteiger partial charge in [0.15, 0.2) is 0 Å². The second kappa shape index (κ2) is 7.58. The fourth-order valence-electron chi connectivity index (χ4n) is 1.97. The lowest BCUT2D eigenvalue weighted by Crippen LogP contribution is -2.25. The highest BCUT2D eigenvalue weighted by atomic mass is 35.5. The third-order valence-electron chi connectivity index (χ3n) is 2.96. The van der Waals surface area contributed by atoms with Crippen molar-refractivity contribution in [1.29, 1.82) is 0 Å². The number of nitrogens with zero attached hydrogens (tertiary/aromatic N) is 2. The molecule has 0 bridgehead atoms. The van der Waals surface area contributed by atoms with E-state index in [1.807, 2.05) is 24.3 Å². The van der Waals surface area contributed by atoms with E-state index in [4.69, 9.17) is 23.2 Å². The van der Waals surface area contributed by atoms with Gasteiger partial charge in [-0.25, -0.2) is 9.97 Å². The summed E-state index contributed by atoms with van der Waals surface area (Å²) < 4.78 is 0. The van der Waals surface area contributed by atoms with Gasteiger partial charge in [-0.1, -0.05) is 36.2 Å². The SMILES string of the molecule is CCCNC(Cc1ccc(Cl)c(Cl)c1)c1ncccn1. The van der Waals surface area contributed by atoms with E-state index in [-0.39, 0.29) is 6.04 Å². The molecule has 106 valence electrons. The van der Waals surface area contributed by atoms with Crippen LogP contribution in [-0.2, 0) is 6.42 Å². The largest absolute Gasteiger partial charge is 0.307 e. The van der Waals surface area contributed by atoms with Crippen molar-refractivity contribution in [2.45, 2.75) is 25.8 Å². The van der Waals surface area contributed by atoms with Crippen molar-refractivity contribution in [2.75, 3.05) is 6.54 Å². The van der Waals surface area contributed by atoms with E-state index in [9.17, 15) is 0 Å². The van der Waals surface area contributed by atoms with Crippen LogP contribution in [0, 0.1) is 0 Å². The number of hydrogen-bond acceptors (Lipinski definition) is 3. The first-order valence-corrected chi connectivity index (χ1v) is 7.40. The Bertz CT molecular complexity index is 546. The summed E-state index contributed by atoms with van der Waals surface area (Å²) in [7, 11) is 0. The number of halogens is 2. The highest BCUT2D eigenvalue weighted by Crippen LogP contribution is 2.25.